The number of carbonyl (C=O) groups is 2. The van der Waals surface area contributed by atoms with Crippen LogP contribution in [0, 0.1) is 0 Å². The van der Waals surface area contributed by atoms with Crippen molar-refractivity contribution in [2.45, 2.75) is 73.8 Å². The quantitative estimate of drug-likeness (QED) is 0.0929. The summed E-state index contributed by atoms with van der Waals surface area (Å²) in [5.41, 5.74) is -2.31. The molecule has 36 heteroatoms. The third-order valence-electron chi connectivity index (χ3n) is 5.01. The maximum Gasteiger partial charge on any atom is 0.527 e. The minimum Gasteiger partial charge on any atom is -0.453 e. The largest absolute Gasteiger partial charge is 0.527 e. The van der Waals surface area contributed by atoms with E-state index in [-0.39, 0.29) is 24.3 Å². The standard InChI is InChI=1S/C22H8F26O10/c23-11(24,53-13(27,28)15(31,32)55-17(35,36)19(39,40)57-21(43,44)45)5-51-9(49)7-1-2-8(4-3-7)10(50)52-6-12(25,26)54-14(29,30)16(33,34)56-18(37,38)20(41,42)58-22(46,47)48/h1-4H,5-6H2. The molecule has 0 atom stereocenters. The fourth-order valence-corrected chi connectivity index (χ4v) is 2.73. The van der Waals surface area contributed by atoms with Gasteiger partial charge in [-0.05, 0) is 24.3 Å². The van der Waals surface area contributed by atoms with Crippen LogP contribution in [0.25, 0.3) is 0 Å². The highest BCUT2D eigenvalue weighted by atomic mass is 19.4. The monoisotopic (exact) mass is 926 g/mol. The van der Waals surface area contributed by atoms with Crippen LogP contribution in [-0.4, -0.2) is 99.0 Å². The number of carbonyl (C=O) groups excluding carboxylic acids is 2. The molecule has 0 heterocycles. The summed E-state index contributed by atoms with van der Waals surface area (Å²) in [6.45, 7) is -5.92. The molecule has 338 valence electrons. The van der Waals surface area contributed by atoms with Crippen LogP contribution in [0.15, 0.2) is 24.3 Å². The molecule has 1 aromatic carbocycles. The van der Waals surface area contributed by atoms with Gasteiger partial charge in [-0.25, -0.2) is 38.0 Å². The molecule has 10 nitrogen and oxygen atoms in total. The van der Waals surface area contributed by atoms with Crippen molar-refractivity contribution < 1.29 is 162 Å². The Kier molecular flexibility index (Phi) is 14.6. The summed E-state index contributed by atoms with van der Waals surface area (Å²) in [4.78, 5) is 23.7. The van der Waals surface area contributed by atoms with Crippen molar-refractivity contribution in [3.05, 3.63) is 35.4 Å². The molecular formula is C22H8F26O10. The minimum atomic E-state index is -7.38. The van der Waals surface area contributed by atoms with Crippen molar-refractivity contribution in [2.24, 2.45) is 0 Å². The lowest BCUT2D eigenvalue weighted by Gasteiger charge is -2.33. The van der Waals surface area contributed by atoms with E-state index in [4.69, 9.17) is 0 Å². The van der Waals surface area contributed by atoms with E-state index in [1.54, 1.807) is 9.47 Å². The Labute approximate surface area is 297 Å². The maximum atomic E-state index is 13.7. The van der Waals surface area contributed by atoms with Crippen LogP contribution in [0.2, 0.25) is 0 Å². The maximum absolute atomic E-state index is 13.7. The van der Waals surface area contributed by atoms with E-state index < -0.39 is 110 Å². The van der Waals surface area contributed by atoms with Crippen molar-refractivity contribution in [3.8, 4) is 0 Å². The lowest BCUT2D eigenvalue weighted by molar-refractivity contribution is -0.564. The van der Waals surface area contributed by atoms with Crippen molar-refractivity contribution in [1.82, 2.24) is 0 Å². The molecule has 0 unspecified atom stereocenters. The molecule has 0 aliphatic carbocycles. The van der Waals surface area contributed by atoms with Gasteiger partial charge in [0.25, 0.3) is 0 Å². The molecule has 0 bridgehead atoms. The van der Waals surface area contributed by atoms with E-state index in [0.717, 1.165) is 0 Å². The summed E-state index contributed by atoms with van der Waals surface area (Å²) in [5, 5.41) is 0. The molecular weight excluding hydrogens is 918 g/mol. The second-order valence-electron chi connectivity index (χ2n) is 9.64. The first-order chi connectivity index (χ1) is 25.2. The first kappa shape index (κ1) is 52.1. The van der Waals surface area contributed by atoms with Crippen LogP contribution in [0.1, 0.15) is 20.7 Å². The van der Waals surface area contributed by atoms with Crippen molar-refractivity contribution in [3.63, 3.8) is 0 Å². The summed E-state index contributed by atoms with van der Waals surface area (Å²) >= 11 is 0. The summed E-state index contributed by atoms with van der Waals surface area (Å²) in [6.07, 6.45) is -83.8. The number of hydrogen-bond donors (Lipinski definition) is 0. The molecule has 0 spiro atoms. The average molecular weight is 926 g/mol. The lowest BCUT2D eigenvalue weighted by Crippen LogP contribution is -2.57. The van der Waals surface area contributed by atoms with Gasteiger partial charge in [-0.1, -0.05) is 0 Å². The van der Waals surface area contributed by atoms with E-state index in [0.29, 0.717) is 0 Å². The Balaban J connectivity index is 2.92. The SMILES string of the molecule is O=C(OCC(F)(F)OC(F)(F)C(F)(F)OC(F)(F)C(F)(F)OC(F)(F)F)c1ccc(C(=O)OCC(F)(F)OC(F)(F)C(F)(F)OC(F)(F)C(F)(F)OC(F)(F)F)cc1. The second-order valence-corrected chi connectivity index (χ2v) is 9.64. The number of esters is 2. The van der Waals surface area contributed by atoms with Gasteiger partial charge in [0, 0.05) is 0 Å². The Morgan fingerprint density at radius 2 is 0.517 bits per heavy atom. The zero-order valence-corrected chi connectivity index (χ0v) is 25.6. The molecule has 0 saturated heterocycles. The van der Waals surface area contributed by atoms with Crippen LogP contribution in [0.4, 0.5) is 114 Å². The smallest absolute Gasteiger partial charge is 0.453 e. The third kappa shape index (κ3) is 14.1. The predicted octanol–water partition coefficient (Wildman–Crippen LogP) is 9.07. The number of ether oxygens (including phenoxy) is 8. The number of rotatable bonds is 20. The van der Waals surface area contributed by atoms with Gasteiger partial charge in [0.1, 0.15) is 0 Å². The Morgan fingerprint density at radius 1 is 0.328 bits per heavy atom. The minimum absolute atomic E-state index is 0.193. The molecule has 0 amide bonds. The third-order valence-corrected chi connectivity index (χ3v) is 5.01. The van der Waals surface area contributed by atoms with E-state index in [2.05, 4.69) is 18.9 Å². The average Bonchev–Trinajstić information content (AvgIpc) is 2.94. The predicted molar refractivity (Wildman–Crippen MR) is 115 cm³/mol. The summed E-state index contributed by atoms with van der Waals surface area (Å²) in [7, 11) is 0. The highest BCUT2D eigenvalue weighted by molar-refractivity contribution is 5.93. The zero-order valence-electron chi connectivity index (χ0n) is 25.6. The van der Waals surface area contributed by atoms with Crippen molar-refractivity contribution in [2.75, 3.05) is 13.2 Å². The molecule has 0 radical (unpaired) electrons. The molecule has 0 fully saturated rings. The van der Waals surface area contributed by atoms with Gasteiger partial charge in [0.15, 0.2) is 13.2 Å². The summed E-state index contributed by atoms with van der Waals surface area (Å²) in [6, 6.07) is 0.774. The van der Waals surface area contributed by atoms with Crippen LogP contribution < -0.4 is 0 Å². The molecule has 0 aromatic heterocycles. The van der Waals surface area contributed by atoms with Gasteiger partial charge < -0.3 is 9.47 Å². The van der Waals surface area contributed by atoms with Crippen LogP contribution >= 0.6 is 0 Å². The lowest BCUT2D eigenvalue weighted by atomic mass is 10.1. The Bertz CT molecular complexity index is 1460. The van der Waals surface area contributed by atoms with Gasteiger partial charge in [0.2, 0.25) is 0 Å². The number of hydrogen-bond acceptors (Lipinski definition) is 10. The normalized spacial score (nSPS) is 15.1. The van der Waals surface area contributed by atoms with Gasteiger partial charge in [-0.15, -0.1) is 26.3 Å². The fourth-order valence-electron chi connectivity index (χ4n) is 2.73. The Morgan fingerprint density at radius 3 is 0.724 bits per heavy atom. The molecule has 0 saturated carbocycles. The van der Waals surface area contributed by atoms with Crippen molar-refractivity contribution in [1.29, 1.82) is 0 Å². The highest BCUT2D eigenvalue weighted by Crippen LogP contribution is 2.50. The van der Waals surface area contributed by atoms with E-state index in [1.165, 1.54) is 9.47 Å². The molecule has 58 heavy (non-hydrogen) atoms. The van der Waals surface area contributed by atoms with E-state index in [9.17, 15) is 124 Å². The molecule has 0 aliphatic rings. The zero-order chi connectivity index (χ0) is 46.2. The number of halogens is 26. The van der Waals surface area contributed by atoms with Gasteiger partial charge in [-0.2, -0.15) is 87.8 Å². The molecule has 0 aliphatic heterocycles. The van der Waals surface area contributed by atoms with E-state index >= 15 is 0 Å². The molecule has 1 aromatic rings. The van der Waals surface area contributed by atoms with Gasteiger partial charge >= 0.3 is 85.7 Å². The van der Waals surface area contributed by atoms with Crippen molar-refractivity contribution >= 4 is 11.9 Å². The molecule has 1 rings (SSSR count). The van der Waals surface area contributed by atoms with Gasteiger partial charge in [0.05, 0.1) is 11.1 Å². The highest BCUT2D eigenvalue weighted by Gasteiger charge is 2.76. The Hall–Kier alpha value is -3.90. The first-order valence-corrected chi connectivity index (χ1v) is 12.8. The van der Waals surface area contributed by atoms with Crippen LogP contribution in [0.5, 0.6) is 0 Å². The topological polar surface area (TPSA) is 108 Å². The second kappa shape index (κ2) is 16.3. The summed E-state index contributed by atoms with van der Waals surface area (Å²) < 4.78 is 355. The fraction of sp³-hybridized carbons (Fsp3) is 0.636. The van der Waals surface area contributed by atoms with Crippen LogP contribution in [-0.2, 0) is 37.9 Å². The van der Waals surface area contributed by atoms with Gasteiger partial charge in [-0.3, -0.25) is 0 Å². The number of alkyl halides is 26. The number of benzene rings is 1. The van der Waals surface area contributed by atoms with E-state index in [1.807, 2.05) is 0 Å². The first-order valence-electron chi connectivity index (χ1n) is 12.8. The molecule has 0 N–H and O–H groups in total. The van der Waals surface area contributed by atoms with Crippen LogP contribution in [0.3, 0.4) is 0 Å². The summed E-state index contributed by atoms with van der Waals surface area (Å²) in [5.74, 6) is -4.41.